The van der Waals surface area contributed by atoms with Gasteiger partial charge in [0.1, 0.15) is 0 Å². The van der Waals surface area contributed by atoms with E-state index in [-0.39, 0.29) is 0 Å². The number of benzene rings is 1. The summed E-state index contributed by atoms with van der Waals surface area (Å²) in [5.74, 6) is 0. The van der Waals surface area contributed by atoms with Crippen LogP contribution in [0, 0.1) is 0 Å². The van der Waals surface area contributed by atoms with Gasteiger partial charge in [-0.25, -0.2) is 4.72 Å². The molecule has 1 saturated heterocycles. The molecule has 0 saturated carbocycles. The average molecular weight is 330 g/mol. The molecule has 0 spiro atoms. The third kappa shape index (κ3) is 2.71. The van der Waals surface area contributed by atoms with Crippen molar-refractivity contribution < 1.29 is 8.42 Å². The first-order valence-electron chi connectivity index (χ1n) is 6.57. The zero-order chi connectivity index (χ0) is 15.0. The minimum atomic E-state index is -3.35. The quantitative estimate of drug-likeness (QED) is 0.873. The van der Waals surface area contributed by atoms with Crippen LogP contribution in [0.4, 0.5) is 5.69 Å². The van der Waals surface area contributed by atoms with Crippen molar-refractivity contribution in [3.8, 4) is 0 Å². The monoisotopic (exact) mass is 329 g/mol. The molecule has 9 heteroatoms. The molecule has 7 nitrogen and oxygen atoms in total. The van der Waals surface area contributed by atoms with E-state index in [1.54, 1.807) is 6.20 Å². The minimum absolute atomic E-state index is 0.440. The van der Waals surface area contributed by atoms with Crippen LogP contribution in [-0.4, -0.2) is 56.1 Å². The van der Waals surface area contributed by atoms with Gasteiger partial charge in [0.2, 0.25) is 0 Å². The van der Waals surface area contributed by atoms with Gasteiger partial charge in [-0.05, 0) is 12.1 Å². The second kappa shape index (κ2) is 5.45. The van der Waals surface area contributed by atoms with Crippen molar-refractivity contribution in [3.63, 3.8) is 0 Å². The predicted molar refractivity (Wildman–Crippen MR) is 82.9 cm³/mol. The first-order chi connectivity index (χ1) is 10.0. The van der Waals surface area contributed by atoms with Crippen LogP contribution in [0.1, 0.15) is 0 Å². The Balaban J connectivity index is 1.85. The van der Waals surface area contributed by atoms with E-state index in [1.165, 1.54) is 11.4 Å². The van der Waals surface area contributed by atoms with Gasteiger partial charge in [-0.1, -0.05) is 11.6 Å². The third-order valence-electron chi connectivity index (χ3n) is 3.68. The first kappa shape index (κ1) is 14.6. The van der Waals surface area contributed by atoms with Crippen LogP contribution >= 0.6 is 11.6 Å². The summed E-state index contributed by atoms with van der Waals surface area (Å²) in [6, 6.07) is 3.72. The molecule has 1 fully saturated rings. The summed E-state index contributed by atoms with van der Waals surface area (Å²) in [6.07, 6.45) is 1.76. The number of anilines is 1. The van der Waals surface area contributed by atoms with E-state index in [0.29, 0.717) is 31.2 Å². The number of aromatic amines is 1. The highest BCUT2D eigenvalue weighted by Gasteiger charge is 2.26. The summed E-state index contributed by atoms with van der Waals surface area (Å²) in [7, 11) is -1.93. The molecule has 0 amide bonds. The fraction of sp³-hybridized carbons (Fsp3) is 0.417. The lowest BCUT2D eigenvalue weighted by Crippen LogP contribution is -2.51. The molecule has 114 valence electrons. The Morgan fingerprint density at radius 1 is 1.29 bits per heavy atom. The Bertz CT molecular complexity index is 752. The van der Waals surface area contributed by atoms with Gasteiger partial charge in [-0.3, -0.25) is 5.10 Å². The molecule has 3 rings (SSSR count). The van der Waals surface area contributed by atoms with Gasteiger partial charge in [0.05, 0.1) is 11.7 Å². The van der Waals surface area contributed by atoms with Crippen molar-refractivity contribution in [2.75, 3.05) is 38.1 Å². The van der Waals surface area contributed by atoms with E-state index in [1.807, 2.05) is 12.1 Å². The molecule has 1 aromatic heterocycles. The summed E-state index contributed by atoms with van der Waals surface area (Å²) in [5, 5.41) is 8.57. The fourth-order valence-electron chi connectivity index (χ4n) is 2.56. The van der Waals surface area contributed by atoms with E-state index in [4.69, 9.17) is 11.6 Å². The van der Waals surface area contributed by atoms with Crippen LogP contribution < -0.4 is 9.62 Å². The normalized spacial score (nSPS) is 17.5. The lowest BCUT2D eigenvalue weighted by molar-refractivity contribution is 0.381. The highest BCUT2D eigenvalue weighted by molar-refractivity contribution is 7.87. The number of halogens is 1. The topological polar surface area (TPSA) is 81.3 Å². The van der Waals surface area contributed by atoms with Gasteiger partial charge in [0.25, 0.3) is 10.2 Å². The van der Waals surface area contributed by atoms with Crippen molar-refractivity contribution in [2.24, 2.45) is 0 Å². The van der Waals surface area contributed by atoms with Gasteiger partial charge < -0.3 is 4.90 Å². The minimum Gasteiger partial charge on any atom is -0.368 e. The number of H-pyrrole nitrogens is 1. The van der Waals surface area contributed by atoms with Crippen LogP contribution in [-0.2, 0) is 10.2 Å². The second-order valence-corrected chi connectivity index (χ2v) is 7.16. The molecule has 1 aliphatic heterocycles. The van der Waals surface area contributed by atoms with Crippen LogP contribution in [0.15, 0.2) is 18.3 Å². The van der Waals surface area contributed by atoms with Crippen LogP contribution in [0.25, 0.3) is 10.9 Å². The summed E-state index contributed by atoms with van der Waals surface area (Å²) in [4.78, 5) is 2.13. The lowest BCUT2D eigenvalue weighted by atomic mass is 10.2. The van der Waals surface area contributed by atoms with E-state index >= 15 is 0 Å². The molecule has 2 heterocycles. The smallest absolute Gasteiger partial charge is 0.279 e. The Morgan fingerprint density at radius 2 is 2.00 bits per heavy atom. The number of rotatable bonds is 3. The number of piperazine rings is 1. The number of nitrogens with zero attached hydrogens (tertiary/aromatic N) is 3. The van der Waals surface area contributed by atoms with Crippen molar-refractivity contribution in [2.45, 2.75) is 0 Å². The molecule has 0 bridgehead atoms. The Hall–Kier alpha value is -1.35. The van der Waals surface area contributed by atoms with Gasteiger partial charge in [-0.15, -0.1) is 0 Å². The second-order valence-electron chi connectivity index (χ2n) is 4.85. The molecule has 0 aliphatic carbocycles. The average Bonchev–Trinajstić information content (AvgIpc) is 2.94. The zero-order valence-corrected chi connectivity index (χ0v) is 13.1. The molecule has 2 aromatic rings. The highest BCUT2D eigenvalue weighted by Crippen LogP contribution is 2.30. The molecular formula is C12H16ClN5O2S. The fourth-order valence-corrected chi connectivity index (χ4v) is 3.67. The molecule has 1 aliphatic rings. The van der Waals surface area contributed by atoms with Crippen LogP contribution in [0.5, 0.6) is 0 Å². The van der Waals surface area contributed by atoms with Crippen LogP contribution in [0.2, 0.25) is 5.02 Å². The predicted octanol–water partition coefficient (Wildman–Crippen LogP) is 0.803. The summed E-state index contributed by atoms with van der Waals surface area (Å²) < 4.78 is 27.4. The van der Waals surface area contributed by atoms with E-state index in [2.05, 4.69) is 19.8 Å². The summed E-state index contributed by atoms with van der Waals surface area (Å²) in [6.45, 7) is 2.10. The number of nitrogens with one attached hydrogen (secondary N) is 2. The largest absolute Gasteiger partial charge is 0.368 e. The standard InChI is InChI=1S/C12H16ClN5O2S/c1-14-21(19,20)18-4-2-17(3-5-18)12-7-9(13)6-11-10(12)8-15-16-11/h6-8,14H,2-5H2,1H3,(H,15,16). The van der Waals surface area contributed by atoms with Gasteiger partial charge >= 0.3 is 0 Å². The van der Waals surface area contributed by atoms with Gasteiger partial charge in [0, 0.05) is 49.3 Å². The molecule has 0 atom stereocenters. The molecule has 21 heavy (non-hydrogen) atoms. The lowest BCUT2D eigenvalue weighted by Gasteiger charge is -2.35. The van der Waals surface area contributed by atoms with Crippen molar-refractivity contribution in [1.82, 2.24) is 19.2 Å². The molecule has 0 unspecified atom stereocenters. The Labute approximate surface area is 128 Å². The summed E-state index contributed by atoms with van der Waals surface area (Å²) in [5.41, 5.74) is 1.86. The maximum atomic E-state index is 11.8. The van der Waals surface area contributed by atoms with E-state index in [0.717, 1.165) is 16.6 Å². The Kier molecular flexibility index (Phi) is 3.78. The SMILES string of the molecule is CNS(=O)(=O)N1CCN(c2cc(Cl)cc3[nH]ncc23)CC1. The number of hydrogen-bond donors (Lipinski definition) is 2. The summed E-state index contributed by atoms with van der Waals surface area (Å²) >= 11 is 6.13. The van der Waals surface area contributed by atoms with Gasteiger partial charge in [-0.2, -0.15) is 17.8 Å². The molecular weight excluding hydrogens is 314 g/mol. The zero-order valence-electron chi connectivity index (χ0n) is 11.5. The molecule has 1 aromatic carbocycles. The third-order valence-corrected chi connectivity index (χ3v) is 5.46. The van der Waals surface area contributed by atoms with Crippen molar-refractivity contribution >= 4 is 38.4 Å². The van der Waals surface area contributed by atoms with E-state index < -0.39 is 10.2 Å². The number of hydrogen-bond acceptors (Lipinski definition) is 4. The number of fused-ring (bicyclic) bond motifs is 1. The number of aromatic nitrogens is 2. The van der Waals surface area contributed by atoms with Crippen molar-refractivity contribution in [3.05, 3.63) is 23.4 Å². The maximum absolute atomic E-state index is 11.8. The Morgan fingerprint density at radius 3 is 2.67 bits per heavy atom. The first-order valence-corrected chi connectivity index (χ1v) is 8.39. The van der Waals surface area contributed by atoms with Crippen LogP contribution in [0.3, 0.4) is 0 Å². The molecule has 2 N–H and O–H groups in total. The van der Waals surface area contributed by atoms with Gasteiger partial charge in [0.15, 0.2) is 0 Å². The van der Waals surface area contributed by atoms with Crippen molar-refractivity contribution in [1.29, 1.82) is 0 Å². The highest BCUT2D eigenvalue weighted by atomic mass is 35.5. The van der Waals surface area contributed by atoms with E-state index in [9.17, 15) is 8.42 Å². The molecule has 0 radical (unpaired) electrons. The maximum Gasteiger partial charge on any atom is 0.279 e.